The number of cyclic esters (lactones) is 2. The number of rotatable bonds is 16. The minimum absolute atomic E-state index is 0.134. The van der Waals surface area contributed by atoms with E-state index in [1.165, 1.54) is 62.7 Å². The smallest absolute Gasteiger partial charge is 0.333 e. The van der Waals surface area contributed by atoms with Crippen molar-refractivity contribution in [1.82, 2.24) is 36.0 Å². The first-order valence-corrected chi connectivity index (χ1v) is 25.4. The summed E-state index contributed by atoms with van der Waals surface area (Å²) in [4.78, 5) is 153. The Labute approximate surface area is 433 Å². The molecule has 74 heavy (non-hydrogen) atoms. The number of amides is 7. The molecule has 5 N–H and O–H groups in total. The highest BCUT2D eigenvalue weighted by Crippen LogP contribution is 2.28. The zero-order valence-corrected chi connectivity index (χ0v) is 45.9. The maximum absolute atomic E-state index is 15.2. The van der Waals surface area contributed by atoms with Gasteiger partial charge in [0.2, 0.25) is 29.5 Å². The summed E-state index contributed by atoms with van der Waals surface area (Å²) in [5, 5.41) is 9.92. The largest absolute Gasteiger partial charge is 0.458 e. The van der Waals surface area contributed by atoms with E-state index in [2.05, 4.69) is 27.8 Å². The van der Waals surface area contributed by atoms with Crippen molar-refractivity contribution in [2.24, 2.45) is 17.8 Å². The van der Waals surface area contributed by atoms with Gasteiger partial charge in [-0.2, -0.15) is 0 Å². The number of carbonyl (C=O) groups excluding carboxylic acids is 10. The van der Waals surface area contributed by atoms with Crippen LogP contribution in [-0.2, 0) is 82.4 Å². The first-order valence-electron chi connectivity index (χ1n) is 24.2. The van der Waals surface area contributed by atoms with Crippen molar-refractivity contribution in [2.75, 3.05) is 28.3 Å². The summed E-state index contributed by atoms with van der Waals surface area (Å²) >= 11 is 0. The molecule has 2 rings (SSSR count). The number of nitrogens with zero attached hydrogens (tertiary/aromatic N) is 3. The molecule has 1 aromatic rings. The van der Waals surface area contributed by atoms with Gasteiger partial charge in [-0.05, 0) is 44.1 Å². The van der Waals surface area contributed by atoms with Crippen molar-refractivity contribution in [3.63, 3.8) is 0 Å². The van der Waals surface area contributed by atoms with E-state index in [1.54, 1.807) is 58.0 Å². The highest BCUT2D eigenvalue weighted by atomic mass is 31.1. The molecule has 1 saturated heterocycles. The summed E-state index contributed by atoms with van der Waals surface area (Å²) in [5.74, 6) is -12.4. The fourth-order valence-corrected chi connectivity index (χ4v) is 8.43. The van der Waals surface area contributed by atoms with Gasteiger partial charge in [-0.3, -0.25) is 38.1 Å². The third kappa shape index (κ3) is 17.4. The lowest BCUT2D eigenvalue weighted by Crippen LogP contribution is -2.64. The monoisotopic (exact) mass is 1070 g/mol. The molecule has 12 atom stereocenters. The number of hydrogen-bond donors (Lipinski definition) is 5. The molecule has 24 nitrogen and oxygen atoms in total. The first-order chi connectivity index (χ1) is 34.4. The minimum atomic E-state index is -3.72. The molecule has 0 saturated carbocycles. The molecule has 1 fully saturated rings. The Morgan fingerprint density at radius 2 is 1.45 bits per heavy atom. The summed E-state index contributed by atoms with van der Waals surface area (Å²) in [6.07, 6.45) is -7.99. The van der Waals surface area contributed by atoms with Crippen molar-refractivity contribution in [1.29, 1.82) is 0 Å². The van der Waals surface area contributed by atoms with Crippen LogP contribution in [0.25, 0.3) is 0 Å². The third-order valence-electron chi connectivity index (χ3n) is 12.4. The molecule has 1 aliphatic rings. The predicted molar refractivity (Wildman–Crippen MR) is 267 cm³/mol. The fraction of sp³-hybridized carbons (Fsp3) is 0.633. The summed E-state index contributed by atoms with van der Waals surface area (Å²) in [6, 6.07) is -1.68. The molecule has 25 heteroatoms. The van der Waals surface area contributed by atoms with Crippen LogP contribution in [0, 0.1) is 17.8 Å². The molecule has 1 aliphatic heterocycles. The average molecular weight is 1070 g/mol. The summed E-state index contributed by atoms with van der Waals surface area (Å²) in [6.45, 7) is 19.6. The van der Waals surface area contributed by atoms with E-state index < -0.39 is 158 Å². The van der Waals surface area contributed by atoms with Crippen molar-refractivity contribution in [3.8, 4) is 0 Å². The minimum Gasteiger partial charge on any atom is -0.458 e. The van der Waals surface area contributed by atoms with Gasteiger partial charge in [0.05, 0.1) is 6.10 Å². The maximum atomic E-state index is 15.2. The normalized spacial score (nSPS) is 24.6. The standard InChI is InChI=1S/C49H76N7O17P/c1-17-34(58)52-37(41(26(6)7)73-74(67)68)48(65)71-39(24(2)3)35-46(63)56(15)38(30(11)69-16)49(66)72-40(25(4)5)36(51-31(12)57)47(64)70-33(23-32-21-19-18-20-22-32)45(62)55(14)28(9)42(59)50-27(8)44(61)54(13)29(10)43(60)53-35/h18-22,24-27,29-30,33,35-41,74H,9,17,23H2,1-8,10-16H3,(H,50,59)(H,51,57)(H,52,58)(H,53,60)(H,67,68)/t27-,29-,30+,33+,35-,36-,37-,38-,39?,40+,41+/m0/s1. The van der Waals surface area contributed by atoms with E-state index in [0.29, 0.717) is 5.56 Å². The molecular weight excluding hydrogens is 990 g/mol. The van der Waals surface area contributed by atoms with Gasteiger partial charge in [-0.1, -0.05) is 85.4 Å². The van der Waals surface area contributed by atoms with E-state index in [9.17, 15) is 52.6 Å². The van der Waals surface area contributed by atoms with Crippen molar-refractivity contribution < 1.29 is 80.9 Å². The van der Waals surface area contributed by atoms with Crippen molar-refractivity contribution in [3.05, 3.63) is 48.2 Å². The van der Waals surface area contributed by atoms with Crippen LogP contribution in [0.1, 0.15) is 88.1 Å². The number of nitrogens with one attached hydrogen (secondary N) is 4. The van der Waals surface area contributed by atoms with Crippen LogP contribution in [0.15, 0.2) is 42.6 Å². The van der Waals surface area contributed by atoms with Gasteiger partial charge in [-0.25, -0.2) is 14.4 Å². The Bertz CT molecular complexity index is 2230. The van der Waals surface area contributed by atoms with Gasteiger partial charge in [0.1, 0.15) is 42.1 Å². The van der Waals surface area contributed by atoms with Gasteiger partial charge in [0.25, 0.3) is 11.8 Å². The SMILES string of the molecule is C=C1C(=O)N[C@@H](C)C(=O)N(C)[C@@H](C)C(=O)N[C@@H](C(OC(=O)[C@@H](NC(=O)CC)[C@H](O[PH](=O)O)C(C)C)C(C)C)C(=O)N(C)[C@@H]([C@@H](C)OC)C(=O)O[C@H](C(C)C)[C@H](NC(C)=O)C(=O)O[C@H](Cc2ccccc2)C(=O)N1C. The average Bonchev–Trinajstić information content (AvgIpc) is 3.34. The second kappa shape index (κ2) is 29.0. The second-order valence-electron chi connectivity index (χ2n) is 19.1. The molecule has 2 unspecified atom stereocenters. The lowest BCUT2D eigenvalue weighted by Gasteiger charge is -2.39. The van der Waals surface area contributed by atoms with Crippen LogP contribution in [0.2, 0.25) is 0 Å². The van der Waals surface area contributed by atoms with Crippen LogP contribution in [-0.4, -0.2) is 174 Å². The van der Waals surface area contributed by atoms with E-state index in [1.807, 2.05) is 0 Å². The number of likely N-dealkylation sites (N-methyl/N-ethyl adjacent to an activating group) is 3. The molecule has 414 valence electrons. The zero-order chi connectivity index (χ0) is 56.6. The first kappa shape index (κ1) is 63.9. The number of esters is 3. The Morgan fingerprint density at radius 1 is 0.851 bits per heavy atom. The van der Waals surface area contributed by atoms with Crippen molar-refractivity contribution >= 4 is 67.5 Å². The van der Waals surface area contributed by atoms with E-state index in [4.69, 9.17) is 23.5 Å². The van der Waals surface area contributed by atoms with Crippen LogP contribution < -0.4 is 21.3 Å². The molecule has 0 radical (unpaired) electrons. The van der Waals surface area contributed by atoms with E-state index in [0.717, 1.165) is 28.7 Å². The molecule has 0 aromatic heterocycles. The van der Waals surface area contributed by atoms with Gasteiger partial charge in [0, 0.05) is 48.0 Å². The Morgan fingerprint density at radius 3 is 1.95 bits per heavy atom. The lowest BCUT2D eigenvalue weighted by atomic mass is 9.95. The number of benzene rings is 1. The van der Waals surface area contributed by atoms with Gasteiger partial charge < -0.3 is 64.3 Å². The fourth-order valence-electron chi connectivity index (χ4n) is 7.78. The quantitative estimate of drug-likeness (QED) is 0.0661. The highest BCUT2D eigenvalue weighted by Gasteiger charge is 2.47. The van der Waals surface area contributed by atoms with E-state index >= 15 is 4.79 Å². The molecule has 7 amide bonds. The maximum Gasteiger partial charge on any atom is 0.333 e. The highest BCUT2D eigenvalue weighted by molar-refractivity contribution is 7.32. The molecular formula is C49H76N7O17P. The van der Waals surface area contributed by atoms with Crippen LogP contribution in [0.3, 0.4) is 0 Å². The Kier molecular flexibility index (Phi) is 25.0. The predicted octanol–water partition coefficient (Wildman–Crippen LogP) is 0.783. The lowest BCUT2D eigenvalue weighted by molar-refractivity contribution is -0.177. The second-order valence-corrected chi connectivity index (χ2v) is 19.8. The van der Waals surface area contributed by atoms with Crippen LogP contribution >= 0.6 is 8.25 Å². The van der Waals surface area contributed by atoms with E-state index in [-0.39, 0.29) is 12.8 Å². The molecule has 0 aliphatic carbocycles. The molecule has 0 spiro atoms. The Balaban J connectivity index is 3.01. The van der Waals surface area contributed by atoms with Crippen LogP contribution in [0.4, 0.5) is 0 Å². The summed E-state index contributed by atoms with van der Waals surface area (Å²) < 4.78 is 40.7. The number of hydrogen-bond acceptors (Lipinski definition) is 16. The Hall–Kier alpha value is -6.23. The van der Waals surface area contributed by atoms with Crippen LogP contribution in [0.5, 0.6) is 0 Å². The van der Waals surface area contributed by atoms with Gasteiger partial charge in [0.15, 0.2) is 24.2 Å². The number of carbonyl (C=O) groups is 10. The van der Waals surface area contributed by atoms with Gasteiger partial charge in [-0.15, -0.1) is 0 Å². The third-order valence-corrected chi connectivity index (χ3v) is 12.9. The topological polar surface area (TPSA) is 312 Å². The number of ether oxygens (including phenoxy) is 4. The molecule has 1 heterocycles. The van der Waals surface area contributed by atoms with Crippen molar-refractivity contribution in [2.45, 2.75) is 156 Å². The summed E-state index contributed by atoms with van der Waals surface area (Å²) in [5.41, 5.74) is 0.0269. The van der Waals surface area contributed by atoms with Gasteiger partial charge >= 0.3 is 26.2 Å². The molecule has 1 aromatic carbocycles. The molecule has 0 bridgehead atoms. The zero-order valence-electron chi connectivity index (χ0n) is 44.9. The number of methoxy groups -OCH3 is 1. The summed E-state index contributed by atoms with van der Waals surface area (Å²) in [7, 11) is 1.08.